The second kappa shape index (κ2) is 7.39. The van der Waals surface area contributed by atoms with Crippen molar-refractivity contribution >= 4 is 5.91 Å². The fourth-order valence-corrected chi connectivity index (χ4v) is 3.01. The van der Waals surface area contributed by atoms with E-state index in [1.807, 2.05) is 18.2 Å². The zero-order valence-corrected chi connectivity index (χ0v) is 12.3. The van der Waals surface area contributed by atoms with Gasteiger partial charge in [0, 0.05) is 24.9 Å². The Balaban J connectivity index is 1.85. The second-order valence-electron chi connectivity index (χ2n) is 5.61. The Hall–Kier alpha value is -1.42. The molecule has 1 aliphatic rings. The maximum absolute atomic E-state index is 12.5. The van der Waals surface area contributed by atoms with E-state index in [2.05, 4.69) is 22.5 Å². The highest BCUT2D eigenvalue weighted by Gasteiger charge is 2.38. The van der Waals surface area contributed by atoms with Crippen molar-refractivity contribution in [2.45, 2.75) is 39.0 Å². The summed E-state index contributed by atoms with van der Waals surface area (Å²) in [6.45, 7) is 4.74. The minimum Gasteiger partial charge on any atom is -0.355 e. The zero-order valence-electron chi connectivity index (χ0n) is 12.3. The summed E-state index contributed by atoms with van der Waals surface area (Å²) in [5.74, 6) is 0.233. The first-order valence-corrected chi connectivity index (χ1v) is 7.66. The van der Waals surface area contributed by atoms with Crippen molar-refractivity contribution in [1.29, 1.82) is 0 Å². The van der Waals surface area contributed by atoms with Gasteiger partial charge in [-0.15, -0.1) is 0 Å². The number of carbonyl (C=O) groups excluding carboxylic acids is 1. The molecule has 1 saturated heterocycles. The fraction of sp³-hybridized carbons (Fsp3) is 0.625. The van der Waals surface area contributed by atoms with Gasteiger partial charge in [0.25, 0.3) is 0 Å². The minimum atomic E-state index is -0.149. The molecule has 0 aromatic carbocycles. The number of pyridine rings is 1. The summed E-state index contributed by atoms with van der Waals surface area (Å²) in [6.07, 6.45) is 6.56. The molecule has 1 aliphatic heterocycles. The Morgan fingerprint density at radius 1 is 1.40 bits per heavy atom. The van der Waals surface area contributed by atoms with E-state index in [1.165, 1.54) is 0 Å². The lowest BCUT2D eigenvalue weighted by Gasteiger charge is -2.36. The first-order valence-electron chi connectivity index (χ1n) is 7.66. The molecule has 1 aromatic rings. The summed E-state index contributed by atoms with van der Waals surface area (Å²) in [7, 11) is 0. The van der Waals surface area contributed by atoms with Gasteiger partial charge >= 0.3 is 0 Å². The van der Waals surface area contributed by atoms with Gasteiger partial charge in [0.05, 0.1) is 5.41 Å². The summed E-state index contributed by atoms with van der Waals surface area (Å²) in [6, 6.07) is 5.89. The van der Waals surface area contributed by atoms with Crippen LogP contribution in [-0.4, -0.2) is 30.5 Å². The van der Waals surface area contributed by atoms with E-state index in [4.69, 9.17) is 0 Å². The summed E-state index contributed by atoms with van der Waals surface area (Å²) in [5, 5.41) is 6.46. The lowest BCUT2D eigenvalue weighted by molar-refractivity contribution is -0.133. The van der Waals surface area contributed by atoms with Crippen molar-refractivity contribution in [2.75, 3.05) is 19.6 Å². The smallest absolute Gasteiger partial charge is 0.226 e. The quantitative estimate of drug-likeness (QED) is 0.834. The molecule has 0 saturated carbocycles. The van der Waals surface area contributed by atoms with Crippen molar-refractivity contribution in [3.05, 3.63) is 30.1 Å². The van der Waals surface area contributed by atoms with Crippen LogP contribution in [0.1, 0.15) is 38.3 Å². The zero-order chi connectivity index (χ0) is 14.3. The Bertz CT molecular complexity index is 407. The highest BCUT2D eigenvalue weighted by molar-refractivity contribution is 5.82. The molecule has 2 N–H and O–H groups in total. The van der Waals surface area contributed by atoms with Gasteiger partial charge in [0.2, 0.25) is 5.91 Å². The summed E-state index contributed by atoms with van der Waals surface area (Å²) in [4.78, 5) is 16.8. The van der Waals surface area contributed by atoms with E-state index in [-0.39, 0.29) is 11.3 Å². The van der Waals surface area contributed by atoms with Crippen LogP contribution in [0.3, 0.4) is 0 Å². The normalized spacial score (nSPS) is 17.6. The van der Waals surface area contributed by atoms with Crippen LogP contribution in [0.15, 0.2) is 24.4 Å². The molecule has 4 heteroatoms. The Kier molecular flexibility index (Phi) is 5.53. The van der Waals surface area contributed by atoms with Crippen LogP contribution in [0.2, 0.25) is 0 Å². The van der Waals surface area contributed by atoms with E-state index in [0.717, 1.165) is 50.9 Å². The molecule has 1 aromatic heterocycles. The minimum absolute atomic E-state index is 0.149. The van der Waals surface area contributed by atoms with Crippen molar-refractivity contribution in [2.24, 2.45) is 5.41 Å². The van der Waals surface area contributed by atoms with Crippen LogP contribution < -0.4 is 10.6 Å². The Labute approximate surface area is 121 Å². The molecule has 4 nitrogen and oxygen atoms in total. The number of hydrogen-bond acceptors (Lipinski definition) is 3. The summed E-state index contributed by atoms with van der Waals surface area (Å²) >= 11 is 0. The van der Waals surface area contributed by atoms with Crippen LogP contribution in [0.4, 0.5) is 0 Å². The van der Waals surface area contributed by atoms with Gasteiger partial charge in [-0.05, 0) is 44.5 Å². The molecular weight excluding hydrogens is 250 g/mol. The van der Waals surface area contributed by atoms with Gasteiger partial charge in [-0.25, -0.2) is 0 Å². The van der Waals surface area contributed by atoms with Gasteiger partial charge in [-0.1, -0.05) is 19.4 Å². The van der Waals surface area contributed by atoms with Crippen molar-refractivity contribution < 1.29 is 4.79 Å². The Morgan fingerprint density at radius 2 is 2.20 bits per heavy atom. The largest absolute Gasteiger partial charge is 0.355 e. The third kappa shape index (κ3) is 3.79. The molecule has 1 amide bonds. The van der Waals surface area contributed by atoms with E-state index in [9.17, 15) is 4.79 Å². The van der Waals surface area contributed by atoms with E-state index >= 15 is 0 Å². The number of rotatable bonds is 6. The summed E-state index contributed by atoms with van der Waals surface area (Å²) in [5.41, 5.74) is 0.882. The lowest BCUT2D eigenvalue weighted by atomic mass is 9.74. The molecular formula is C16H25N3O. The van der Waals surface area contributed by atoms with E-state index in [1.54, 1.807) is 6.20 Å². The first kappa shape index (κ1) is 15.0. The highest BCUT2D eigenvalue weighted by Crippen LogP contribution is 2.34. The predicted molar refractivity (Wildman–Crippen MR) is 80.4 cm³/mol. The standard InChI is InChI=1S/C16H25N3O/c1-2-7-16(8-12-17-13-9-16)15(20)19-11-6-14-5-3-4-10-18-14/h3-5,10,17H,2,6-9,11-13H2,1H3,(H,19,20). The number of aromatic nitrogens is 1. The van der Waals surface area contributed by atoms with Gasteiger partial charge in [0.1, 0.15) is 0 Å². The molecule has 1 fully saturated rings. The van der Waals surface area contributed by atoms with Gasteiger partial charge in [-0.3, -0.25) is 9.78 Å². The number of hydrogen-bond donors (Lipinski definition) is 2. The average molecular weight is 275 g/mol. The van der Waals surface area contributed by atoms with Gasteiger partial charge in [0.15, 0.2) is 0 Å². The fourth-order valence-electron chi connectivity index (χ4n) is 3.01. The molecule has 0 unspecified atom stereocenters. The molecule has 2 heterocycles. The maximum atomic E-state index is 12.5. The molecule has 0 bridgehead atoms. The number of amides is 1. The third-order valence-electron chi connectivity index (χ3n) is 4.16. The predicted octanol–water partition coefficient (Wildman–Crippen LogP) is 1.91. The van der Waals surface area contributed by atoms with Crippen molar-refractivity contribution in [3.63, 3.8) is 0 Å². The molecule has 110 valence electrons. The highest BCUT2D eigenvalue weighted by atomic mass is 16.2. The first-order chi connectivity index (χ1) is 9.77. The molecule has 0 atom stereocenters. The van der Waals surface area contributed by atoms with Crippen LogP contribution >= 0.6 is 0 Å². The lowest BCUT2D eigenvalue weighted by Crippen LogP contribution is -2.48. The number of nitrogens with zero attached hydrogens (tertiary/aromatic N) is 1. The van der Waals surface area contributed by atoms with E-state index < -0.39 is 0 Å². The molecule has 20 heavy (non-hydrogen) atoms. The molecule has 0 aliphatic carbocycles. The maximum Gasteiger partial charge on any atom is 0.226 e. The second-order valence-corrected chi connectivity index (χ2v) is 5.61. The molecule has 0 spiro atoms. The van der Waals surface area contributed by atoms with Crippen LogP contribution in [0.25, 0.3) is 0 Å². The topological polar surface area (TPSA) is 54.0 Å². The molecule has 0 radical (unpaired) electrons. The number of piperidine rings is 1. The van der Waals surface area contributed by atoms with Crippen LogP contribution in [0, 0.1) is 5.41 Å². The van der Waals surface area contributed by atoms with Crippen LogP contribution in [-0.2, 0) is 11.2 Å². The number of nitrogens with one attached hydrogen (secondary N) is 2. The van der Waals surface area contributed by atoms with E-state index in [0.29, 0.717) is 6.54 Å². The number of carbonyl (C=O) groups is 1. The Morgan fingerprint density at radius 3 is 2.85 bits per heavy atom. The summed E-state index contributed by atoms with van der Waals surface area (Å²) < 4.78 is 0. The average Bonchev–Trinajstić information content (AvgIpc) is 2.49. The SMILES string of the molecule is CCCC1(C(=O)NCCc2ccccn2)CCNCC1. The third-order valence-corrected chi connectivity index (χ3v) is 4.16. The monoisotopic (exact) mass is 275 g/mol. The van der Waals surface area contributed by atoms with Crippen LogP contribution in [0.5, 0.6) is 0 Å². The van der Waals surface area contributed by atoms with Crippen molar-refractivity contribution in [1.82, 2.24) is 15.6 Å². The van der Waals surface area contributed by atoms with Gasteiger partial charge in [-0.2, -0.15) is 0 Å². The molecule has 2 rings (SSSR count). The van der Waals surface area contributed by atoms with Crippen molar-refractivity contribution in [3.8, 4) is 0 Å². The van der Waals surface area contributed by atoms with Gasteiger partial charge < -0.3 is 10.6 Å².